The predicted octanol–water partition coefficient (Wildman–Crippen LogP) is 1.24. The van der Waals surface area contributed by atoms with Crippen molar-refractivity contribution in [2.24, 2.45) is 5.41 Å². The molecule has 100 valence electrons. The Hall–Kier alpha value is -0.130. The molecule has 1 saturated carbocycles. The molecule has 1 saturated heterocycles. The van der Waals surface area contributed by atoms with Crippen molar-refractivity contribution in [3.63, 3.8) is 0 Å². The minimum absolute atomic E-state index is 0.182. The third kappa shape index (κ3) is 3.01. The van der Waals surface area contributed by atoms with Crippen molar-refractivity contribution in [3.8, 4) is 0 Å². The average Bonchev–Trinajstić information content (AvgIpc) is 2.62. The summed E-state index contributed by atoms with van der Waals surface area (Å²) < 4.78 is 26.7. The van der Waals surface area contributed by atoms with Crippen LogP contribution in [-0.2, 0) is 10.0 Å². The van der Waals surface area contributed by atoms with Gasteiger partial charge in [0.25, 0.3) is 0 Å². The summed E-state index contributed by atoms with van der Waals surface area (Å²) in [5.74, 6) is 0.262. The van der Waals surface area contributed by atoms with E-state index in [9.17, 15) is 8.42 Å². The number of piperidine rings is 1. The number of nitrogens with one attached hydrogen (secondary N) is 2. The summed E-state index contributed by atoms with van der Waals surface area (Å²) in [5.41, 5.74) is 0.242. The molecular formula is C12H24N2O2S. The van der Waals surface area contributed by atoms with Crippen molar-refractivity contribution < 1.29 is 8.42 Å². The molecule has 0 aromatic carbocycles. The Kier molecular flexibility index (Phi) is 4.10. The molecule has 1 aliphatic heterocycles. The maximum absolute atomic E-state index is 11.9. The van der Waals surface area contributed by atoms with Gasteiger partial charge in [0.05, 0.1) is 5.75 Å². The first-order valence-electron chi connectivity index (χ1n) is 6.79. The van der Waals surface area contributed by atoms with Crippen molar-refractivity contribution >= 4 is 10.0 Å². The summed E-state index contributed by atoms with van der Waals surface area (Å²) in [7, 11) is -3.06. The lowest BCUT2D eigenvalue weighted by Gasteiger charge is -2.39. The normalized spacial score (nSPS) is 28.6. The lowest BCUT2D eigenvalue weighted by Crippen LogP contribution is -2.49. The zero-order valence-corrected chi connectivity index (χ0v) is 11.5. The first-order valence-corrected chi connectivity index (χ1v) is 8.44. The quantitative estimate of drug-likeness (QED) is 0.799. The minimum Gasteiger partial charge on any atom is -0.317 e. The van der Waals surface area contributed by atoms with Gasteiger partial charge in [-0.25, -0.2) is 13.1 Å². The van der Waals surface area contributed by atoms with Crippen LogP contribution in [0.2, 0.25) is 0 Å². The van der Waals surface area contributed by atoms with Gasteiger partial charge in [-0.3, -0.25) is 0 Å². The standard InChI is InChI=1S/C12H24N2O2S/c1-2-10-17(15,16)14-11-4-3-5-12(11)6-8-13-9-7-12/h11,13-14H,2-10H2,1H3. The number of sulfonamides is 1. The fraction of sp³-hybridized carbons (Fsp3) is 1.00. The van der Waals surface area contributed by atoms with Crippen LogP contribution in [0, 0.1) is 5.41 Å². The van der Waals surface area contributed by atoms with Gasteiger partial charge in [0, 0.05) is 6.04 Å². The summed E-state index contributed by atoms with van der Waals surface area (Å²) in [6.45, 7) is 3.98. The van der Waals surface area contributed by atoms with Gasteiger partial charge in [0.15, 0.2) is 0 Å². The summed E-state index contributed by atoms with van der Waals surface area (Å²) in [4.78, 5) is 0. The molecule has 2 fully saturated rings. The molecule has 1 heterocycles. The molecule has 0 radical (unpaired) electrons. The van der Waals surface area contributed by atoms with Gasteiger partial charge in [-0.05, 0) is 50.6 Å². The van der Waals surface area contributed by atoms with E-state index in [0.29, 0.717) is 6.42 Å². The third-order valence-electron chi connectivity index (χ3n) is 4.30. The molecule has 17 heavy (non-hydrogen) atoms. The molecule has 0 aromatic rings. The summed E-state index contributed by atoms with van der Waals surface area (Å²) in [6.07, 6.45) is 6.30. The zero-order chi connectivity index (χ0) is 12.4. The van der Waals surface area contributed by atoms with E-state index in [-0.39, 0.29) is 17.2 Å². The SMILES string of the molecule is CCCS(=O)(=O)NC1CCCC12CCNCC2. The van der Waals surface area contributed by atoms with E-state index in [1.54, 1.807) is 0 Å². The van der Waals surface area contributed by atoms with Crippen LogP contribution in [0.25, 0.3) is 0 Å². The molecule has 0 aromatic heterocycles. The molecule has 5 heteroatoms. The fourth-order valence-corrected chi connectivity index (χ4v) is 4.85. The van der Waals surface area contributed by atoms with Crippen molar-refractivity contribution in [1.29, 1.82) is 0 Å². The Morgan fingerprint density at radius 3 is 2.65 bits per heavy atom. The van der Waals surface area contributed by atoms with Crippen LogP contribution < -0.4 is 10.0 Å². The molecule has 1 spiro atoms. The summed E-state index contributed by atoms with van der Waals surface area (Å²) >= 11 is 0. The second-order valence-corrected chi connectivity index (χ2v) is 7.37. The van der Waals surface area contributed by atoms with Gasteiger partial charge in [-0.1, -0.05) is 13.3 Å². The summed E-state index contributed by atoms with van der Waals surface area (Å²) in [5, 5.41) is 3.37. The van der Waals surface area contributed by atoms with E-state index in [4.69, 9.17) is 0 Å². The third-order valence-corrected chi connectivity index (χ3v) is 5.89. The molecule has 4 nitrogen and oxygen atoms in total. The average molecular weight is 260 g/mol. The smallest absolute Gasteiger partial charge is 0.211 e. The molecule has 1 aliphatic carbocycles. The molecule has 0 bridgehead atoms. The predicted molar refractivity (Wildman–Crippen MR) is 69.4 cm³/mol. The molecule has 1 unspecified atom stereocenters. The Labute approximate surface area is 105 Å². The fourth-order valence-electron chi connectivity index (χ4n) is 3.39. The highest BCUT2D eigenvalue weighted by Gasteiger charge is 2.44. The maximum Gasteiger partial charge on any atom is 0.211 e. The highest BCUT2D eigenvalue weighted by atomic mass is 32.2. The van der Waals surface area contributed by atoms with Crippen LogP contribution in [0.3, 0.4) is 0 Å². The van der Waals surface area contributed by atoms with E-state index in [1.165, 1.54) is 12.8 Å². The van der Waals surface area contributed by atoms with Gasteiger partial charge in [-0.15, -0.1) is 0 Å². The van der Waals surface area contributed by atoms with E-state index < -0.39 is 10.0 Å². The van der Waals surface area contributed by atoms with Crippen LogP contribution in [0.1, 0.15) is 45.4 Å². The lowest BCUT2D eigenvalue weighted by molar-refractivity contribution is 0.174. The Bertz CT molecular complexity index is 348. The van der Waals surface area contributed by atoms with E-state index >= 15 is 0 Å². The Morgan fingerprint density at radius 2 is 2.00 bits per heavy atom. The largest absolute Gasteiger partial charge is 0.317 e. The first kappa shape index (κ1) is 13.3. The molecule has 2 N–H and O–H groups in total. The van der Waals surface area contributed by atoms with Crippen LogP contribution in [-0.4, -0.2) is 33.3 Å². The highest BCUT2D eigenvalue weighted by Crippen LogP contribution is 2.45. The van der Waals surface area contributed by atoms with Gasteiger partial charge in [-0.2, -0.15) is 0 Å². The lowest BCUT2D eigenvalue weighted by atomic mass is 9.75. The number of rotatable bonds is 4. The van der Waals surface area contributed by atoms with Gasteiger partial charge < -0.3 is 5.32 Å². The molecule has 0 amide bonds. The van der Waals surface area contributed by atoms with E-state index in [1.807, 2.05) is 6.92 Å². The van der Waals surface area contributed by atoms with E-state index in [0.717, 1.165) is 32.4 Å². The van der Waals surface area contributed by atoms with Gasteiger partial charge >= 0.3 is 0 Å². The zero-order valence-electron chi connectivity index (χ0n) is 10.7. The molecule has 2 rings (SSSR count). The Morgan fingerprint density at radius 1 is 1.29 bits per heavy atom. The van der Waals surface area contributed by atoms with E-state index in [2.05, 4.69) is 10.0 Å². The second-order valence-electron chi connectivity index (χ2n) is 5.49. The number of hydrogen-bond donors (Lipinski definition) is 2. The topological polar surface area (TPSA) is 58.2 Å². The minimum atomic E-state index is -3.06. The van der Waals surface area contributed by atoms with Crippen molar-refractivity contribution in [1.82, 2.24) is 10.0 Å². The van der Waals surface area contributed by atoms with Crippen LogP contribution >= 0.6 is 0 Å². The van der Waals surface area contributed by atoms with Gasteiger partial charge in [0.1, 0.15) is 0 Å². The molecular weight excluding hydrogens is 236 g/mol. The van der Waals surface area contributed by atoms with Crippen LogP contribution in [0.5, 0.6) is 0 Å². The Balaban J connectivity index is 2.04. The first-order chi connectivity index (χ1) is 8.08. The van der Waals surface area contributed by atoms with Crippen molar-refractivity contribution in [2.75, 3.05) is 18.8 Å². The summed E-state index contributed by atoms with van der Waals surface area (Å²) in [6, 6.07) is 0.182. The van der Waals surface area contributed by atoms with Gasteiger partial charge in [0.2, 0.25) is 10.0 Å². The highest BCUT2D eigenvalue weighted by molar-refractivity contribution is 7.89. The monoisotopic (exact) mass is 260 g/mol. The number of hydrogen-bond acceptors (Lipinski definition) is 3. The van der Waals surface area contributed by atoms with Crippen molar-refractivity contribution in [2.45, 2.75) is 51.5 Å². The molecule has 2 aliphatic rings. The van der Waals surface area contributed by atoms with Crippen LogP contribution in [0.15, 0.2) is 0 Å². The van der Waals surface area contributed by atoms with Crippen molar-refractivity contribution in [3.05, 3.63) is 0 Å². The van der Waals surface area contributed by atoms with Crippen LogP contribution in [0.4, 0.5) is 0 Å². The second kappa shape index (κ2) is 5.24. The molecule has 1 atom stereocenters. The maximum atomic E-state index is 11.9.